The van der Waals surface area contributed by atoms with Crippen LogP contribution in [0.5, 0.6) is 0 Å². The minimum absolute atomic E-state index is 0.0199. The number of Topliss-reactive ketones (excluding diaryl/α,β-unsaturated/α-hetero) is 1. The lowest BCUT2D eigenvalue weighted by molar-refractivity contribution is -0.115. The van der Waals surface area contributed by atoms with Crippen LogP contribution in [0.1, 0.15) is 34.1 Å². The number of anilines is 1. The molecule has 0 bridgehead atoms. The molecule has 0 radical (unpaired) electrons. The monoisotopic (exact) mass is 363 g/mol. The number of nitrogens with one attached hydrogen (secondary N) is 1. The molecule has 1 N–H and O–H groups in total. The van der Waals surface area contributed by atoms with Crippen molar-refractivity contribution in [2.45, 2.75) is 13.3 Å². The summed E-state index contributed by atoms with van der Waals surface area (Å²) >= 11 is 5.77. The van der Waals surface area contributed by atoms with Gasteiger partial charge in [-0.1, -0.05) is 18.5 Å². The van der Waals surface area contributed by atoms with Crippen LogP contribution in [0.25, 0.3) is 0 Å². The molecule has 25 heavy (non-hydrogen) atoms. The van der Waals surface area contributed by atoms with Gasteiger partial charge in [0.05, 0.1) is 10.6 Å². The summed E-state index contributed by atoms with van der Waals surface area (Å²) in [6.45, 7) is 1.25. The molecule has 1 amide bonds. The summed E-state index contributed by atoms with van der Waals surface area (Å²) in [4.78, 5) is 35.2. The topological polar surface area (TPSA) is 72.5 Å². The van der Waals surface area contributed by atoms with E-state index in [1.54, 1.807) is 19.1 Å². The van der Waals surface area contributed by atoms with Crippen molar-refractivity contribution in [1.82, 2.24) is 0 Å². The third kappa shape index (κ3) is 5.12. The van der Waals surface area contributed by atoms with Crippen LogP contribution in [0.4, 0.5) is 10.1 Å². The molecular weight excluding hydrogens is 349 g/mol. The van der Waals surface area contributed by atoms with E-state index in [0.29, 0.717) is 17.7 Å². The van der Waals surface area contributed by atoms with Gasteiger partial charge in [-0.05, 0) is 42.5 Å². The van der Waals surface area contributed by atoms with Gasteiger partial charge in [-0.3, -0.25) is 9.59 Å². The number of hydrogen-bond acceptors (Lipinski definition) is 4. The van der Waals surface area contributed by atoms with E-state index in [1.807, 2.05) is 0 Å². The van der Waals surface area contributed by atoms with Gasteiger partial charge in [-0.2, -0.15) is 0 Å². The first-order valence-electron chi connectivity index (χ1n) is 7.46. The molecule has 5 nitrogen and oxygen atoms in total. The highest BCUT2D eigenvalue weighted by atomic mass is 35.5. The Labute approximate surface area is 148 Å². The van der Waals surface area contributed by atoms with Crippen LogP contribution in [0, 0.1) is 5.82 Å². The fourth-order valence-electron chi connectivity index (χ4n) is 1.94. The quantitative estimate of drug-likeness (QED) is 0.624. The third-order valence-corrected chi connectivity index (χ3v) is 3.61. The first-order valence-corrected chi connectivity index (χ1v) is 7.83. The third-order valence-electron chi connectivity index (χ3n) is 3.30. The Hall–Kier alpha value is -2.73. The zero-order valence-corrected chi connectivity index (χ0v) is 14.1. The van der Waals surface area contributed by atoms with Gasteiger partial charge < -0.3 is 10.1 Å². The van der Waals surface area contributed by atoms with E-state index >= 15 is 0 Å². The fraction of sp³-hybridized carbons (Fsp3) is 0.167. The number of halogens is 2. The first-order chi connectivity index (χ1) is 11.9. The maximum atomic E-state index is 13.0. The smallest absolute Gasteiger partial charge is 0.340 e. The van der Waals surface area contributed by atoms with E-state index in [-0.39, 0.29) is 16.5 Å². The second-order valence-electron chi connectivity index (χ2n) is 5.10. The van der Waals surface area contributed by atoms with E-state index in [9.17, 15) is 18.8 Å². The molecule has 0 atom stereocenters. The van der Waals surface area contributed by atoms with Crippen molar-refractivity contribution in [3.63, 3.8) is 0 Å². The number of carbonyl (C=O) groups excluding carboxylic acids is 3. The molecule has 7 heteroatoms. The Balaban J connectivity index is 1.95. The van der Waals surface area contributed by atoms with Gasteiger partial charge in [0.15, 0.2) is 12.4 Å². The Bertz CT molecular complexity index is 805. The molecule has 0 aliphatic rings. The van der Waals surface area contributed by atoms with Crippen LogP contribution in [0.3, 0.4) is 0 Å². The highest BCUT2D eigenvalue weighted by Crippen LogP contribution is 2.18. The second kappa shape index (κ2) is 8.39. The van der Waals surface area contributed by atoms with Gasteiger partial charge in [0.25, 0.3) is 0 Å². The number of ether oxygens (including phenoxy) is 1. The largest absolute Gasteiger partial charge is 0.454 e. The minimum atomic E-state index is -0.815. The van der Waals surface area contributed by atoms with Crippen molar-refractivity contribution in [1.29, 1.82) is 0 Å². The Kier molecular flexibility index (Phi) is 6.25. The minimum Gasteiger partial charge on any atom is -0.454 e. The second-order valence-corrected chi connectivity index (χ2v) is 5.51. The average molecular weight is 364 g/mol. The molecular formula is C18H15ClFNO4. The van der Waals surface area contributed by atoms with Crippen molar-refractivity contribution in [3.05, 3.63) is 64.4 Å². The fourth-order valence-corrected chi connectivity index (χ4v) is 2.18. The Morgan fingerprint density at radius 2 is 1.80 bits per heavy atom. The molecule has 0 saturated heterocycles. The van der Waals surface area contributed by atoms with Crippen LogP contribution in [-0.2, 0) is 9.53 Å². The molecule has 2 aromatic rings. The molecule has 2 aromatic carbocycles. The molecule has 0 spiro atoms. The summed E-state index contributed by atoms with van der Waals surface area (Å²) in [5.74, 6) is -1.94. The number of ketones is 1. The number of hydrogen-bond donors (Lipinski definition) is 1. The van der Waals surface area contributed by atoms with Crippen molar-refractivity contribution in [3.8, 4) is 0 Å². The number of esters is 1. The van der Waals surface area contributed by atoms with E-state index in [0.717, 1.165) is 12.1 Å². The van der Waals surface area contributed by atoms with Crippen molar-refractivity contribution in [2.75, 3.05) is 11.9 Å². The predicted molar refractivity (Wildman–Crippen MR) is 91.4 cm³/mol. The zero-order chi connectivity index (χ0) is 18.4. The maximum absolute atomic E-state index is 13.0. The lowest BCUT2D eigenvalue weighted by Crippen LogP contribution is -2.15. The molecule has 0 unspecified atom stereocenters. The average Bonchev–Trinajstić information content (AvgIpc) is 2.60. The Morgan fingerprint density at radius 3 is 2.40 bits per heavy atom. The summed E-state index contributed by atoms with van der Waals surface area (Å²) in [5, 5.41) is 2.57. The molecule has 0 aromatic heterocycles. The first kappa shape index (κ1) is 18.6. The maximum Gasteiger partial charge on any atom is 0.340 e. The molecule has 0 fully saturated rings. The molecule has 0 heterocycles. The normalized spacial score (nSPS) is 10.2. The van der Waals surface area contributed by atoms with Crippen LogP contribution < -0.4 is 5.32 Å². The van der Waals surface area contributed by atoms with Crippen LogP contribution in [0.15, 0.2) is 42.5 Å². The number of carbonyl (C=O) groups is 3. The molecule has 0 saturated carbocycles. The highest BCUT2D eigenvalue weighted by Gasteiger charge is 2.15. The van der Waals surface area contributed by atoms with Crippen LogP contribution >= 0.6 is 11.6 Å². The lowest BCUT2D eigenvalue weighted by Gasteiger charge is -2.07. The van der Waals surface area contributed by atoms with Gasteiger partial charge in [0, 0.05) is 17.7 Å². The molecule has 130 valence electrons. The van der Waals surface area contributed by atoms with E-state index in [1.165, 1.54) is 18.2 Å². The zero-order valence-electron chi connectivity index (χ0n) is 13.3. The summed E-state index contributed by atoms with van der Waals surface area (Å²) in [6.07, 6.45) is 0.350. The van der Waals surface area contributed by atoms with E-state index in [2.05, 4.69) is 5.32 Å². The molecule has 2 rings (SSSR count). The molecule has 0 aliphatic carbocycles. The predicted octanol–water partition coefficient (Wildman–Crippen LogP) is 3.87. The summed E-state index contributed by atoms with van der Waals surface area (Å²) in [6, 6.07) is 9.46. The van der Waals surface area contributed by atoms with Crippen LogP contribution in [-0.4, -0.2) is 24.3 Å². The van der Waals surface area contributed by atoms with Gasteiger partial charge in [0.1, 0.15) is 5.82 Å². The van der Waals surface area contributed by atoms with Gasteiger partial charge in [0.2, 0.25) is 5.91 Å². The Morgan fingerprint density at radius 1 is 1.12 bits per heavy atom. The van der Waals surface area contributed by atoms with Gasteiger partial charge >= 0.3 is 5.97 Å². The molecule has 0 aliphatic heterocycles. The van der Waals surface area contributed by atoms with Crippen molar-refractivity contribution in [2.24, 2.45) is 0 Å². The van der Waals surface area contributed by atoms with Crippen molar-refractivity contribution >= 4 is 34.9 Å². The number of amides is 1. The number of benzene rings is 2. The van der Waals surface area contributed by atoms with Gasteiger partial charge in [-0.25, -0.2) is 9.18 Å². The standard InChI is InChI=1S/C18H15ClFNO4/c1-2-17(23)21-13-6-3-11(4-7-13)16(22)10-25-18(24)14-8-5-12(20)9-15(14)19/h3-9H,2,10H2,1H3,(H,21,23). The summed E-state index contributed by atoms with van der Waals surface area (Å²) < 4.78 is 17.9. The summed E-state index contributed by atoms with van der Waals surface area (Å²) in [7, 11) is 0. The van der Waals surface area contributed by atoms with Gasteiger partial charge in [-0.15, -0.1) is 0 Å². The number of rotatable bonds is 6. The van der Waals surface area contributed by atoms with E-state index in [4.69, 9.17) is 16.3 Å². The summed E-state index contributed by atoms with van der Waals surface area (Å²) in [5.41, 5.74) is 0.875. The van der Waals surface area contributed by atoms with Crippen molar-refractivity contribution < 1.29 is 23.5 Å². The van der Waals surface area contributed by atoms with Crippen LogP contribution in [0.2, 0.25) is 5.02 Å². The highest BCUT2D eigenvalue weighted by molar-refractivity contribution is 6.33. The lowest BCUT2D eigenvalue weighted by atomic mass is 10.1. The van der Waals surface area contributed by atoms with E-state index < -0.39 is 24.2 Å². The SMILES string of the molecule is CCC(=O)Nc1ccc(C(=O)COC(=O)c2ccc(F)cc2Cl)cc1.